The second-order valence-corrected chi connectivity index (χ2v) is 11.1. The number of fused-ring (bicyclic) bond motifs is 1. The van der Waals surface area contributed by atoms with Crippen LogP contribution in [0.4, 0.5) is 4.39 Å². The maximum absolute atomic E-state index is 12.6. The third-order valence-corrected chi connectivity index (χ3v) is 8.54. The van der Waals surface area contributed by atoms with Crippen molar-refractivity contribution in [2.45, 2.75) is 45.4 Å². The molecule has 198 valence electrons. The Morgan fingerprint density at radius 2 is 1.89 bits per heavy atom. The van der Waals surface area contributed by atoms with Crippen LogP contribution < -0.4 is 0 Å². The summed E-state index contributed by atoms with van der Waals surface area (Å²) in [7, 11) is 0. The van der Waals surface area contributed by atoms with Gasteiger partial charge in [0.25, 0.3) is 0 Å². The minimum Gasteiger partial charge on any atom is -0.478 e. The van der Waals surface area contributed by atoms with E-state index in [-0.39, 0.29) is 6.67 Å². The monoisotopic (exact) mass is 531 g/mol. The van der Waals surface area contributed by atoms with E-state index in [1.54, 1.807) is 6.07 Å². The van der Waals surface area contributed by atoms with Crippen molar-refractivity contribution in [3.8, 4) is 0 Å². The highest BCUT2D eigenvalue weighted by atomic mass is 35.5. The van der Waals surface area contributed by atoms with E-state index in [0.717, 1.165) is 84.6 Å². The third kappa shape index (κ3) is 5.72. The largest absolute Gasteiger partial charge is 0.478 e. The number of nitrogens with zero attached hydrogens (tertiary/aromatic N) is 1. The molecule has 3 nitrogen and oxygen atoms in total. The number of aromatic carboxylic acids is 1. The van der Waals surface area contributed by atoms with Gasteiger partial charge in [-0.15, -0.1) is 0 Å². The number of carboxylic acids is 1. The van der Waals surface area contributed by atoms with Crippen LogP contribution in [-0.4, -0.2) is 42.3 Å². The van der Waals surface area contributed by atoms with E-state index in [1.165, 1.54) is 16.7 Å². The number of hydrogen-bond acceptors (Lipinski definition) is 2. The fourth-order valence-corrected chi connectivity index (χ4v) is 6.34. The summed E-state index contributed by atoms with van der Waals surface area (Å²) in [5.41, 5.74) is 9.65. The maximum Gasteiger partial charge on any atom is 0.335 e. The van der Waals surface area contributed by atoms with Crippen molar-refractivity contribution >= 4 is 28.7 Å². The SMILES string of the molecule is Cc1c(Cl)cccc1C1=C(c2ccc(CC3CCN(CCCF)C3)cc2)c2ccc(C(=O)O)cc2CCC1. The van der Waals surface area contributed by atoms with Crippen molar-refractivity contribution in [2.24, 2.45) is 5.92 Å². The van der Waals surface area contributed by atoms with Crippen molar-refractivity contribution in [1.29, 1.82) is 0 Å². The van der Waals surface area contributed by atoms with Gasteiger partial charge < -0.3 is 10.0 Å². The van der Waals surface area contributed by atoms with Gasteiger partial charge in [0.1, 0.15) is 0 Å². The quantitative estimate of drug-likeness (QED) is 0.321. The van der Waals surface area contributed by atoms with Crippen LogP contribution in [0, 0.1) is 12.8 Å². The Morgan fingerprint density at radius 3 is 2.66 bits per heavy atom. The van der Waals surface area contributed by atoms with Crippen LogP contribution in [0.3, 0.4) is 0 Å². The minimum absolute atomic E-state index is 0.240. The number of likely N-dealkylation sites (tertiary alicyclic amines) is 1. The van der Waals surface area contributed by atoms with E-state index in [0.29, 0.717) is 17.9 Å². The van der Waals surface area contributed by atoms with Gasteiger partial charge in [-0.05, 0) is 121 Å². The number of aryl methyl sites for hydroxylation is 1. The van der Waals surface area contributed by atoms with E-state index in [2.05, 4.69) is 42.2 Å². The van der Waals surface area contributed by atoms with E-state index < -0.39 is 5.97 Å². The Hall–Kier alpha value is -2.95. The fourth-order valence-electron chi connectivity index (χ4n) is 6.16. The summed E-state index contributed by atoms with van der Waals surface area (Å²) in [5, 5.41) is 10.4. The molecule has 0 radical (unpaired) electrons. The van der Waals surface area contributed by atoms with Crippen molar-refractivity contribution in [3.63, 3.8) is 0 Å². The molecule has 38 heavy (non-hydrogen) atoms. The number of rotatable bonds is 8. The topological polar surface area (TPSA) is 40.5 Å². The Labute approximate surface area is 230 Å². The van der Waals surface area contributed by atoms with Gasteiger partial charge in [0.15, 0.2) is 0 Å². The molecule has 1 fully saturated rings. The second-order valence-electron chi connectivity index (χ2n) is 10.7. The molecule has 1 N–H and O–H groups in total. The molecule has 0 saturated carbocycles. The Kier molecular flexibility index (Phi) is 8.30. The highest BCUT2D eigenvalue weighted by molar-refractivity contribution is 6.31. The van der Waals surface area contributed by atoms with Crippen molar-refractivity contribution in [2.75, 3.05) is 26.3 Å². The summed E-state index contributed by atoms with van der Waals surface area (Å²) in [6.07, 6.45) is 5.49. The smallest absolute Gasteiger partial charge is 0.335 e. The Bertz CT molecular complexity index is 1350. The summed E-state index contributed by atoms with van der Waals surface area (Å²) < 4.78 is 12.6. The molecular weight excluding hydrogens is 497 g/mol. The number of carbonyl (C=O) groups is 1. The zero-order chi connectivity index (χ0) is 26.6. The maximum atomic E-state index is 12.6. The van der Waals surface area contributed by atoms with Crippen LogP contribution >= 0.6 is 11.6 Å². The lowest BCUT2D eigenvalue weighted by Crippen LogP contribution is -2.22. The highest BCUT2D eigenvalue weighted by Gasteiger charge is 2.24. The van der Waals surface area contributed by atoms with Gasteiger partial charge in [-0.2, -0.15) is 0 Å². The van der Waals surface area contributed by atoms with Gasteiger partial charge in [-0.25, -0.2) is 4.79 Å². The first-order chi connectivity index (χ1) is 18.4. The van der Waals surface area contributed by atoms with Gasteiger partial charge >= 0.3 is 5.97 Å². The molecule has 0 bridgehead atoms. The molecule has 1 aliphatic heterocycles. The van der Waals surface area contributed by atoms with Crippen LogP contribution in [-0.2, 0) is 12.8 Å². The Morgan fingerprint density at radius 1 is 1.08 bits per heavy atom. The van der Waals surface area contributed by atoms with Crippen molar-refractivity contribution in [3.05, 3.63) is 105 Å². The number of benzene rings is 3. The van der Waals surface area contributed by atoms with Crippen molar-refractivity contribution in [1.82, 2.24) is 4.90 Å². The van der Waals surface area contributed by atoms with Gasteiger partial charge in [0, 0.05) is 18.1 Å². The number of carboxylic acid groups (broad SMARTS) is 1. The van der Waals surface area contributed by atoms with Crippen LogP contribution in [0.2, 0.25) is 5.02 Å². The molecule has 5 heteroatoms. The van der Waals surface area contributed by atoms with E-state index in [4.69, 9.17) is 11.6 Å². The summed E-state index contributed by atoms with van der Waals surface area (Å²) in [6.45, 7) is 4.80. The molecule has 3 aromatic carbocycles. The molecule has 1 aliphatic carbocycles. The first-order valence-electron chi connectivity index (χ1n) is 13.7. The number of allylic oxidation sites excluding steroid dienone is 1. The third-order valence-electron chi connectivity index (χ3n) is 8.13. The van der Waals surface area contributed by atoms with Crippen LogP contribution in [0.5, 0.6) is 0 Å². The second kappa shape index (κ2) is 11.8. The van der Waals surface area contributed by atoms with E-state index in [1.807, 2.05) is 24.3 Å². The average Bonchev–Trinajstić information content (AvgIpc) is 3.27. The molecule has 3 aromatic rings. The predicted molar refractivity (Wildman–Crippen MR) is 154 cm³/mol. The molecule has 1 atom stereocenters. The van der Waals surface area contributed by atoms with E-state index >= 15 is 0 Å². The molecule has 5 rings (SSSR count). The molecule has 0 amide bonds. The van der Waals surface area contributed by atoms with Crippen LogP contribution in [0.25, 0.3) is 11.1 Å². The van der Waals surface area contributed by atoms with Gasteiger partial charge in [0.05, 0.1) is 12.2 Å². The molecule has 1 saturated heterocycles. The molecule has 0 aromatic heterocycles. The molecule has 0 spiro atoms. The minimum atomic E-state index is -0.895. The van der Waals surface area contributed by atoms with Crippen LogP contribution in [0.1, 0.15) is 69.4 Å². The van der Waals surface area contributed by atoms with Gasteiger partial charge in [-0.1, -0.05) is 54.1 Å². The first kappa shape index (κ1) is 26.6. The number of alkyl halides is 1. The van der Waals surface area contributed by atoms with E-state index in [9.17, 15) is 14.3 Å². The molecule has 1 unspecified atom stereocenters. The van der Waals surface area contributed by atoms with Crippen LogP contribution in [0.15, 0.2) is 60.7 Å². The lowest BCUT2D eigenvalue weighted by atomic mass is 9.85. The lowest BCUT2D eigenvalue weighted by molar-refractivity contribution is 0.0696. The summed E-state index contributed by atoms with van der Waals surface area (Å²) >= 11 is 6.55. The molecule has 1 heterocycles. The molecule has 2 aliphatic rings. The normalized spacial score (nSPS) is 17.9. The van der Waals surface area contributed by atoms with Gasteiger partial charge in [-0.3, -0.25) is 4.39 Å². The number of halogens is 2. The Balaban J connectivity index is 1.52. The average molecular weight is 532 g/mol. The summed E-state index contributed by atoms with van der Waals surface area (Å²) in [4.78, 5) is 14.1. The number of hydrogen-bond donors (Lipinski definition) is 1. The zero-order valence-electron chi connectivity index (χ0n) is 22.0. The fraction of sp³-hybridized carbons (Fsp3) is 0.364. The molecular formula is C33H35ClFNO2. The van der Waals surface area contributed by atoms with Crippen molar-refractivity contribution < 1.29 is 14.3 Å². The summed E-state index contributed by atoms with van der Waals surface area (Å²) in [6, 6.07) is 20.6. The zero-order valence-corrected chi connectivity index (χ0v) is 22.7. The summed E-state index contributed by atoms with van der Waals surface area (Å²) in [5.74, 6) is -0.287. The standard InChI is InChI=1S/C33H35ClFNO2/c1-22-28(6-3-8-31(22)34)30-7-2-5-26-20-27(33(37)38)13-14-29(26)32(30)25-11-9-23(10-12-25)19-24-15-18-36(21-24)17-4-16-35/h3,6,8-14,20,24H,2,4-5,7,15-19,21H2,1H3,(H,37,38). The first-order valence-corrected chi connectivity index (χ1v) is 14.0. The lowest BCUT2D eigenvalue weighted by Gasteiger charge is -2.19. The predicted octanol–water partition coefficient (Wildman–Crippen LogP) is 7.87. The van der Waals surface area contributed by atoms with Gasteiger partial charge in [0.2, 0.25) is 0 Å². The highest BCUT2D eigenvalue weighted by Crippen LogP contribution is 2.42.